The van der Waals surface area contributed by atoms with Crippen LogP contribution in [0.4, 0.5) is 10.5 Å². The molecule has 1 aromatic carbocycles. The van der Waals surface area contributed by atoms with Crippen molar-refractivity contribution >= 4 is 23.5 Å². The molecule has 0 radical (unpaired) electrons. The van der Waals surface area contributed by atoms with Crippen molar-refractivity contribution in [2.45, 2.75) is 27.7 Å². The summed E-state index contributed by atoms with van der Waals surface area (Å²) >= 11 is 0. The van der Waals surface area contributed by atoms with E-state index in [1.807, 2.05) is 42.4 Å². The second-order valence-electron chi connectivity index (χ2n) is 7.32. The van der Waals surface area contributed by atoms with Gasteiger partial charge in [0.15, 0.2) is 0 Å². The molecule has 1 aliphatic rings. The zero-order valence-corrected chi connectivity index (χ0v) is 18.7. The predicted octanol–water partition coefficient (Wildman–Crippen LogP) is 2.19. The molecule has 8 heteroatoms. The van der Waals surface area contributed by atoms with E-state index < -0.39 is 0 Å². The van der Waals surface area contributed by atoms with Crippen molar-refractivity contribution in [1.82, 2.24) is 19.6 Å². The molecule has 0 aromatic heterocycles. The van der Waals surface area contributed by atoms with Gasteiger partial charge in [0.1, 0.15) is 0 Å². The van der Waals surface area contributed by atoms with Crippen LogP contribution in [0.3, 0.4) is 0 Å². The summed E-state index contributed by atoms with van der Waals surface area (Å²) in [6.45, 7) is 13.4. The minimum atomic E-state index is -0.119. The summed E-state index contributed by atoms with van der Waals surface area (Å²) < 4.78 is 0. The van der Waals surface area contributed by atoms with Crippen LogP contribution in [0.25, 0.3) is 0 Å². The molecule has 8 nitrogen and oxygen atoms in total. The van der Waals surface area contributed by atoms with Gasteiger partial charge in [-0.15, -0.1) is 0 Å². The molecule has 1 aliphatic heterocycles. The largest absolute Gasteiger partial charge is 0.339 e. The van der Waals surface area contributed by atoms with Crippen LogP contribution in [0, 0.1) is 0 Å². The van der Waals surface area contributed by atoms with Crippen molar-refractivity contribution in [3.05, 3.63) is 29.8 Å². The predicted molar refractivity (Wildman–Crippen MR) is 119 cm³/mol. The van der Waals surface area contributed by atoms with Crippen LogP contribution in [0.1, 0.15) is 38.1 Å². The summed E-state index contributed by atoms with van der Waals surface area (Å²) in [7, 11) is 0. The first-order valence-corrected chi connectivity index (χ1v) is 10.9. The van der Waals surface area contributed by atoms with Gasteiger partial charge in [0.05, 0.1) is 6.54 Å². The number of rotatable bonds is 8. The van der Waals surface area contributed by atoms with Gasteiger partial charge in [0.2, 0.25) is 5.91 Å². The number of carbonyl (C=O) groups excluding carboxylic acids is 3. The van der Waals surface area contributed by atoms with Crippen molar-refractivity contribution in [1.29, 1.82) is 0 Å². The molecule has 0 spiro atoms. The third kappa shape index (κ3) is 6.19. The van der Waals surface area contributed by atoms with Crippen molar-refractivity contribution in [3.8, 4) is 0 Å². The zero-order valence-electron chi connectivity index (χ0n) is 18.7. The van der Waals surface area contributed by atoms with Crippen LogP contribution in [-0.2, 0) is 4.79 Å². The van der Waals surface area contributed by atoms with Gasteiger partial charge in [0, 0.05) is 63.6 Å². The highest BCUT2D eigenvalue weighted by atomic mass is 16.2. The van der Waals surface area contributed by atoms with Gasteiger partial charge >= 0.3 is 6.03 Å². The lowest BCUT2D eigenvalue weighted by Gasteiger charge is -2.36. The summed E-state index contributed by atoms with van der Waals surface area (Å²) in [5.74, 6) is -0.156. The number of hydrogen-bond acceptors (Lipinski definition) is 4. The summed E-state index contributed by atoms with van der Waals surface area (Å²) in [6.07, 6.45) is 0. The van der Waals surface area contributed by atoms with E-state index in [2.05, 4.69) is 5.32 Å². The fourth-order valence-corrected chi connectivity index (χ4v) is 3.62. The highest BCUT2D eigenvalue weighted by Gasteiger charge is 2.25. The molecule has 1 N–H and O–H groups in total. The highest BCUT2D eigenvalue weighted by molar-refractivity contribution is 5.97. The van der Waals surface area contributed by atoms with E-state index in [1.165, 1.54) is 0 Å². The first-order chi connectivity index (χ1) is 14.4. The molecule has 0 unspecified atom stereocenters. The maximum Gasteiger partial charge on any atom is 0.320 e. The number of benzene rings is 1. The standard InChI is InChI=1S/C22H35N5O3/c1-5-25(6-2)21(29)18-10-9-11-19(16-18)23-20(28)17-24-12-14-27(15-13-24)22(30)26(7-3)8-4/h9-11,16H,5-8,12-15,17H2,1-4H3,(H,23,28). The molecule has 0 atom stereocenters. The maximum absolute atomic E-state index is 12.5. The number of nitrogens with zero attached hydrogens (tertiary/aromatic N) is 4. The normalized spacial score (nSPS) is 14.3. The van der Waals surface area contributed by atoms with Crippen molar-refractivity contribution in [3.63, 3.8) is 0 Å². The monoisotopic (exact) mass is 417 g/mol. The molecule has 0 aliphatic carbocycles. The van der Waals surface area contributed by atoms with Crippen LogP contribution >= 0.6 is 0 Å². The van der Waals surface area contributed by atoms with Crippen molar-refractivity contribution in [2.24, 2.45) is 0 Å². The van der Waals surface area contributed by atoms with Gasteiger partial charge in [-0.1, -0.05) is 6.07 Å². The SMILES string of the molecule is CCN(CC)C(=O)c1cccc(NC(=O)CN2CCN(C(=O)N(CC)CC)CC2)c1. The van der Waals surface area contributed by atoms with E-state index >= 15 is 0 Å². The third-order valence-electron chi connectivity index (χ3n) is 5.49. The van der Waals surface area contributed by atoms with Gasteiger partial charge < -0.3 is 20.0 Å². The number of hydrogen-bond donors (Lipinski definition) is 1. The Labute approximate surface area is 179 Å². The number of amides is 4. The molecule has 1 saturated heterocycles. The number of piperazine rings is 1. The van der Waals surface area contributed by atoms with Gasteiger partial charge in [0.25, 0.3) is 5.91 Å². The van der Waals surface area contributed by atoms with Gasteiger partial charge in [-0.3, -0.25) is 14.5 Å². The Balaban J connectivity index is 1.86. The number of carbonyl (C=O) groups is 3. The second kappa shape index (κ2) is 11.5. The highest BCUT2D eigenvalue weighted by Crippen LogP contribution is 2.13. The first-order valence-electron chi connectivity index (χ1n) is 10.9. The Kier molecular flexibility index (Phi) is 9.11. The van der Waals surface area contributed by atoms with E-state index in [-0.39, 0.29) is 24.4 Å². The minimum absolute atomic E-state index is 0.0370. The fraction of sp³-hybridized carbons (Fsp3) is 0.591. The Bertz CT molecular complexity index is 723. The van der Waals surface area contributed by atoms with E-state index in [4.69, 9.17) is 0 Å². The number of nitrogens with one attached hydrogen (secondary N) is 1. The lowest BCUT2D eigenvalue weighted by atomic mass is 10.1. The molecular formula is C22H35N5O3. The molecule has 30 heavy (non-hydrogen) atoms. The van der Waals surface area contributed by atoms with Gasteiger partial charge in [-0.05, 0) is 45.9 Å². The quantitative estimate of drug-likeness (QED) is 0.704. The van der Waals surface area contributed by atoms with Crippen LogP contribution in [0.2, 0.25) is 0 Å². The zero-order chi connectivity index (χ0) is 22.1. The Morgan fingerprint density at radius 2 is 1.50 bits per heavy atom. The maximum atomic E-state index is 12.5. The molecular weight excluding hydrogens is 382 g/mol. The average Bonchev–Trinajstić information content (AvgIpc) is 2.76. The van der Waals surface area contributed by atoms with Gasteiger partial charge in [-0.25, -0.2) is 4.79 Å². The van der Waals surface area contributed by atoms with E-state index in [0.717, 1.165) is 0 Å². The summed E-state index contributed by atoms with van der Waals surface area (Å²) in [5, 5.41) is 2.89. The van der Waals surface area contributed by atoms with E-state index in [9.17, 15) is 14.4 Å². The van der Waals surface area contributed by atoms with Crippen molar-refractivity contribution in [2.75, 3.05) is 64.2 Å². The molecule has 0 bridgehead atoms. The fourth-order valence-electron chi connectivity index (χ4n) is 3.62. The Hall–Kier alpha value is -2.61. The first kappa shape index (κ1) is 23.7. The molecule has 4 amide bonds. The minimum Gasteiger partial charge on any atom is -0.339 e. The van der Waals surface area contributed by atoms with Crippen LogP contribution < -0.4 is 5.32 Å². The smallest absolute Gasteiger partial charge is 0.320 e. The summed E-state index contributed by atoms with van der Waals surface area (Å²) in [5.41, 5.74) is 1.19. The Morgan fingerprint density at radius 1 is 0.900 bits per heavy atom. The van der Waals surface area contributed by atoms with Crippen LogP contribution in [0.15, 0.2) is 24.3 Å². The topological polar surface area (TPSA) is 76.2 Å². The summed E-state index contributed by atoms with van der Waals surface area (Å²) in [4.78, 5) is 44.9. The Morgan fingerprint density at radius 3 is 2.07 bits per heavy atom. The molecule has 2 rings (SSSR count). The summed E-state index contributed by atoms with van der Waals surface area (Å²) in [6, 6.07) is 7.13. The van der Waals surface area contributed by atoms with E-state index in [1.54, 1.807) is 29.2 Å². The lowest BCUT2D eigenvalue weighted by molar-refractivity contribution is -0.117. The molecule has 1 fully saturated rings. The molecule has 1 aromatic rings. The van der Waals surface area contributed by atoms with E-state index in [0.29, 0.717) is 63.6 Å². The van der Waals surface area contributed by atoms with Crippen LogP contribution in [0.5, 0.6) is 0 Å². The average molecular weight is 418 g/mol. The third-order valence-corrected chi connectivity index (χ3v) is 5.49. The molecule has 0 saturated carbocycles. The number of anilines is 1. The molecule has 166 valence electrons. The molecule has 1 heterocycles. The van der Waals surface area contributed by atoms with Crippen molar-refractivity contribution < 1.29 is 14.4 Å². The second-order valence-corrected chi connectivity index (χ2v) is 7.32. The lowest BCUT2D eigenvalue weighted by Crippen LogP contribution is -2.53. The van der Waals surface area contributed by atoms with Gasteiger partial charge in [-0.2, -0.15) is 0 Å². The van der Waals surface area contributed by atoms with Crippen LogP contribution in [-0.4, -0.2) is 96.3 Å². The number of urea groups is 1.